The number of benzene rings is 2. The fourth-order valence-corrected chi connectivity index (χ4v) is 2.99. The number of hydrogen-bond donors (Lipinski definition) is 1. The number of hydrogen-bond acceptors (Lipinski definition) is 1. The van der Waals surface area contributed by atoms with E-state index in [4.69, 9.17) is 0 Å². The van der Waals surface area contributed by atoms with E-state index in [2.05, 4.69) is 60.8 Å². The van der Waals surface area contributed by atoms with Gasteiger partial charge in [0.05, 0.1) is 0 Å². The van der Waals surface area contributed by atoms with Crippen molar-refractivity contribution in [2.45, 2.75) is 32.2 Å². The third-order valence-corrected chi connectivity index (χ3v) is 3.98. The van der Waals surface area contributed by atoms with Gasteiger partial charge in [-0.2, -0.15) is 0 Å². The maximum absolute atomic E-state index is 3.70. The topological polar surface area (TPSA) is 12.0 Å². The molecule has 1 nitrogen and oxygen atoms in total. The highest BCUT2D eigenvalue weighted by atomic mass is 14.9. The molecule has 1 aliphatic rings. The lowest BCUT2D eigenvalue weighted by atomic mass is 10.1. The minimum absolute atomic E-state index is 0.627. The lowest BCUT2D eigenvalue weighted by molar-refractivity contribution is 0.536. The monoisotopic (exact) mass is 251 g/mol. The molecule has 2 aromatic rings. The van der Waals surface area contributed by atoms with Crippen molar-refractivity contribution in [3.8, 4) is 0 Å². The lowest BCUT2D eigenvalue weighted by Crippen LogP contribution is -2.31. The van der Waals surface area contributed by atoms with Crippen LogP contribution in [0.1, 0.15) is 22.3 Å². The molecule has 1 aliphatic carbocycles. The first-order valence-corrected chi connectivity index (χ1v) is 7.17. The Hall–Kier alpha value is -1.60. The first-order valence-electron chi connectivity index (χ1n) is 7.17. The average Bonchev–Trinajstić information content (AvgIpc) is 2.81. The molecular weight excluding hydrogens is 230 g/mol. The lowest BCUT2D eigenvalue weighted by Gasteiger charge is -2.12. The van der Waals surface area contributed by atoms with Crippen molar-refractivity contribution < 1.29 is 0 Å². The Morgan fingerprint density at radius 3 is 2.42 bits per heavy atom. The molecule has 0 spiro atoms. The van der Waals surface area contributed by atoms with E-state index in [1.54, 1.807) is 0 Å². The van der Waals surface area contributed by atoms with Crippen LogP contribution in [0.15, 0.2) is 48.5 Å². The molecule has 0 unspecified atom stereocenters. The third-order valence-electron chi connectivity index (χ3n) is 3.98. The van der Waals surface area contributed by atoms with E-state index in [-0.39, 0.29) is 0 Å². The van der Waals surface area contributed by atoms with E-state index in [0.717, 1.165) is 13.0 Å². The molecule has 0 heterocycles. The van der Waals surface area contributed by atoms with Crippen molar-refractivity contribution in [2.75, 3.05) is 6.54 Å². The molecule has 1 N–H and O–H groups in total. The Morgan fingerprint density at radius 2 is 1.74 bits per heavy atom. The smallest absolute Gasteiger partial charge is 0.0148 e. The molecule has 19 heavy (non-hydrogen) atoms. The standard InChI is InChI=1S/C18H21N/c1-14-5-4-6-15(11-14)9-10-19-18-12-16-7-2-3-8-17(16)13-18/h2-8,11,18-19H,9-10,12-13H2,1H3. The fourth-order valence-electron chi connectivity index (χ4n) is 2.99. The van der Waals surface area contributed by atoms with Crippen molar-refractivity contribution in [3.05, 3.63) is 70.8 Å². The molecule has 0 atom stereocenters. The molecule has 3 rings (SSSR count). The molecule has 0 aliphatic heterocycles. The minimum atomic E-state index is 0.627. The van der Waals surface area contributed by atoms with Gasteiger partial charge in [0.2, 0.25) is 0 Å². The summed E-state index contributed by atoms with van der Waals surface area (Å²) in [6.07, 6.45) is 3.49. The molecule has 0 amide bonds. The Labute approximate surface area is 115 Å². The minimum Gasteiger partial charge on any atom is -0.313 e. The molecule has 0 fully saturated rings. The van der Waals surface area contributed by atoms with Gasteiger partial charge >= 0.3 is 0 Å². The molecule has 0 saturated carbocycles. The first-order chi connectivity index (χ1) is 9.31. The summed E-state index contributed by atoms with van der Waals surface area (Å²) in [5, 5.41) is 3.70. The summed E-state index contributed by atoms with van der Waals surface area (Å²) in [4.78, 5) is 0. The van der Waals surface area contributed by atoms with Crippen LogP contribution in [0.4, 0.5) is 0 Å². The number of aryl methyl sites for hydroxylation is 1. The summed E-state index contributed by atoms with van der Waals surface area (Å²) < 4.78 is 0. The zero-order chi connectivity index (χ0) is 13.1. The summed E-state index contributed by atoms with van der Waals surface area (Å²) in [6.45, 7) is 3.23. The Morgan fingerprint density at radius 1 is 1.00 bits per heavy atom. The summed E-state index contributed by atoms with van der Waals surface area (Å²) in [5.74, 6) is 0. The highest BCUT2D eigenvalue weighted by molar-refractivity contribution is 5.33. The van der Waals surface area contributed by atoms with Gasteiger partial charge in [0, 0.05) is 6.04 Å². The van der Waals surface area contributed by atoms with E-state index in [1.807, 2.05) is 0 Å². The molecular formula is C18H21N. The number of fused-ring (bicyclic) bond motifs is 1. The summed E-state index contributed by atoms with van der Waals surface area (Å²) in [6, 6.07) is 18.3. The van der Waals surface area contributed by atoms with Crippen molar-refractivity contribution >= 4 is 0 Å². The second-order valence-corrected chi connectivity index (χ2v) is 5.57. The van der Waals surface area contributed by atoms with Gasteiger partial charge in [0.25, 0.3) is 0 Å². The van der Waals surface area contributed by atoms with E-state index in [1.165, 1.54) is 35.1 Å². The molecule has 0 saturated heterocycles. The second-order valence-electron chi connectivity index (χ2n) is 5.57. The van der Waals surface area contributed by atoms with Gasteiger partial charge in [-0.1, -0.05) is 54.1 Å². The van der Waals surface area contributed by atoms with Gasteiger partial charge in [-0.15, -0.1) is 0 Å². The van der Waals surface area contributed by atoms with Gasteiger partial charge in [-0.05, 0) is 49.4 Å². The van der Waals surface area contributed by atoms with Crippen molar-refractivity contribution in [1.29, 1.82) is 0 Å². The van der Waals surface area contributed by atoms with Crippen LogP contribution >= 0.6 is 0 Å². The maximum Gasteiger partial charge on any atom is 0.0148 e. The molecule has 0 aromatic heterocycles. The predicted molar refractivity (Wildman–Crippen MR) is 80.5 cm³/mol. The quantitative estimate of drug-likeness (QED) is 0.879. The van der Waals surface area contributed by atoms with Crippen LogP contribution in [0.5, 0.6) is 0 Å². The van der Waals surface area contributed by atoms with Crippen molar-refractivity contribution in [3.63, 3.8) is 0 Å². The maximum atomic E-state index is 3.70. The van der Waals surface area contributed by atoms with E-state index in [9.17, 15) is 0 Å². The van der Waals surface area contributed by atoms with Crippen LogP contribution < -0.4 is 5.32 Å². The molecule has 0 bridgehead atoms. The number of nitrogens with one attached hydrogen (secondary N) is 1. The van der Waals surface area contributed by atoms with E-state index >= 15 is 0 Å². The molecule has 1 heteroatoms. The van der Waals surface area contributed by atoms with Gasteiger partial charge in [0.1, 0.15) is 0 Å². The normalized spacial score (nSPS) is 14.6. The molecule has 0 radical (unpaired) electrons. The zero-order valence-corrected chi connectivity index (χ0v) is 11.5. The largest absolute Gasteiger partial charge is 0.313 e. The zero-order valence-electron chi connectivity index (χ0n) is 11.5. The molecule has 2 aromatic carbocycles. The second kappa shape index (κ2) is 5.58. The van der Waals surface area contributed by atoms with E-state index in [0.29, 0.717) is 6.04 Å². The van der Waals surface area contributed by atoms with Gasteiger partial charge < -0.3 is 5.32 Å². The predicted octanol–water partition coefficient (Wildman–Crippen LogP) is 3.29. The SMILES string of the molecule is Cc1cccc(CCNC2Cc3ccccc3C2)c1. The third kappa shape index (κ3) is 3.05. The van der Waals surface area contributed by atoms with Gasteiger partial charge in [-0.3, -0.25) is 0 Å². The van der Waals surface area contributed by atoms with Crippen molar-refractivity contribution in [2.24, 2.45) is 0 Å². The Bertz CT molecular complexity index is 534. The fraction of sp³-hybridized carbons (Fsp3) is 0.333. The van der Waals surface area contributed by atoms with Crippen molar-refractivity contribution in [1.82, 2.24) is 5.32 Å². The first kappa shape index (κ1) is 12.4. The van der Waals surface area contributed by atoms with Crippen LogP contribution in [0.3, 0.4) is 0 Å². The summed E-state index contributed by atoms with van der Waals surface area (Å²) in [7, 11) is 0. The average molecular weight is 251 g/mol. The Kier molecular flexibility index (Phi) is 3.65. The summed E-state index contributed by atoms with van der Waals surface area (Å²) in [5.41, 5.74) is 5.83. The van der Waals surface area contributed by atoms with Crippen LogP contribution in [0.2, 0.25) is 0 Å². The molecule has 98 valence electrons. The van der Waals surface area contributed by atoms with Gasteiger partial charge in [-0.25, -0.2) is 0 Å². The van der Waals surface area contributed by atoms with Crippen LogP contribution in [-0.2, 0) is 19.3 Å². The van der Waals surface area contributed by atoms with Crippen LogP contribution in [0.25, 0.3) is 0 Å². The van der Waals surface area contributed by atoms with Crippen LogP contribution in [-0.4, -0.2) is 12.6 Å². The highest BCUT2D eigenvalue weighted by Gasteiger charge is 2.19. The number of rotatable bonds is 4. The van der Waals surface area contributed by atoms with Crippen LogP contribution in [0, 0.1) is 6.92 Å². The highest BCUT2D eigenvalue weighted by Crippen LogP contribution is 2.21. The Balaban J connectivity index is 1.50. The van der Waals surface area contributed by atoms with Gasteiger partial charge in [0.15, 0.2) is 0 Å². The van der Waals surface area contributed by atoms with E-state index < -0.39 is 0 Å². The summed E-state index contributed by atoms with van der Waals surface area (Å²) >= 11 is 0.